The van der Waals surface area contributed by atoms with Gasteiger partial charge >= 0.3 is 0 Å². The summed E-state index contributed by atoms with van der Waals surface area (Å²) in [6.07, 6.45) is 3.83. The first kappa shape index (κ1) is 14.0. The number of hydrogen-bond donors (Lipinski definition) is 1. The Morgan fingerprint density at radius 2 is 2.25 bits per heavy atom. The zero-order valence-corrected chi connectivity index (χ0v) is 14.1. The molecule has 1 unspecified atom stereocenters. The minimum absolute atomic E-state index is 0.129. The Labute approximate surface area is 134 Å². The van der Waals surface area contributed by atoms with Gasteiger partial charge in [-0.05, 0) is 38.8 Å². The topological polar surface area (TPSA) is 29.9 Å². The van der Waals surface area contributed by atoms with Gasteiger partial charge in [-0.2, -0.15) is 0 Å². The van der Waals surface area contributed by atoms with Crippen LogP contribution in [0.25, 0.3) is 0 Å². The molecule has 104 valence electrons. The lowest BCUT2D eigenvalue weighted by Gasteiger charge is -2.17. The first-order valence-corrected chi connectivity index (χ1v) is 8.77. The number of imidazole rings is 1. The number of hydrogen-bond acceptors (Lipinski definition) is 4. The Morgan fingerprint density at radius 3 is 2.85 bits per heavy atom. The van der Waals surface area contributed by atoms with Crippen molar-refractivity contribution in [2.75, 3.05) is 0 Å². The number of nitrogens with one attached hydrogen (secondary N) is 1. The van der Waals surface area contributed by atoms with Crippen molar-refractivity contribution < 1.29 is 0 Å². The van der Waals surface area contributed by atoms with E-state index in [4.69, 9.17) is 0 Å². The number of thiophene rings is 2. The fourth-order valence-corrected chi connectivity index (χ4v) is 4.32. The van der Waals surface area contributed by atoms with Gasteiger partial charge in [-0.3, -0.25) is 5.32 Å². The lowest BCUT2D eigenvalue weighted by atomic mass is 10.2. The summed E-state index contributed by atoms with van der Waals surface area (Å²) in [4.78, 5) is 7.08. The molecule has 0 aliphatic carbocycles. The minimum Gasteiger partial charge on any atom is -0.336 e. The molecule has 0 radical (unpaired) electrons. The summed E-state index contributed by atoms with van der Waals surface area (Å²) in [5, 5.41) is 7.82. The maximum atomic E-state index is 4.49. The molecular weight excluding hydrogens is 354 g/mol. The van der Waals surface area contributed by atoms with Crippen molar-refractivity contribution in [3.63, 3.8) is 0 Å². The summed E-state index contributed by atoms with van der Waals surface area (Å²) in [6, 6.07) is 6.45. The van der Waals surface area contributed by atoms with E-state index in [0.717, 1.165) is 12.4 Å². The molecule has 3 rings (SSSR count). The van der Waals surface area contributed by atoms with Crippen LogP contribution in [0.5, 0.6) is 0 Å². The van der Waals surface area contributed by atoms with Crippen LogP contribution in [0.1, 0.15) is 21.6 Å². The normalized spacial score (nSPS) is 12.7. The highest BCUT2D eigenvalue weighted by Crippen LogP contribution is 2.27. The Kier molecular flexibility index (Phi) is 4.35. The summed E-state index contributed by atoms with van der Waals surface area (Å²) < 4.78 is 3.24. The van der Waals surface area contributed by atoms with Crippen molar-refractivity contribution in [3.05, 3.63) is 61.4 Å². The van der Waals surface area contributed by atoms with E-state index in [2.05, 4.69) is 59.8 Å². The van der Waals surface area contributed by atoms with Crippen LogP contribution < -0.4 is 5.32 Å². The Hall–Kier alpha value is -0.950. The maximum absolute atomic E-state index is 4.49. The number of aryl methyl sites for hydroxylation is 1. The molecular formula is C14H14BrN3S2. The van der Waals surface area contributed by atoms with Gasteiger partial charge < -0.3 is 4.57 Å². The van der Waals surface area contributed by atoms with Crippen LogP contribution in [0.2, 0.25) is 0 Å². The van der Waals surface area contributed by atoms with Crippen molar-refractivity contribution in [3.8, 4) is 0 Å². The predicted octanol–water partition coefficient (Wildman–Crippen LogP) is 4.18. The van der Waals surface area contributed by atoms with Gasteiger partial charge in [0.1, 0.15) is 11.9 Å². The van der Waals surface area contributed by atoms with Crippen molar-refractivity contribution in [2.45, 2.75) is 12.6 Å². The standard InChI is InChI=1S/C14H14BrN3S2/c1-18-6-5-16-14(18)13(11-3-2-7-19-11)17-9-12-10(15)4-8-20-12/h2-8,13,17H,9H2,1H3. The summed E-state index contributed by atoms with van der Waals surface area (Å²) in [5.74, 6) is 1.04. The van der Waals surface area contributed by atoms with Gasteiger partial charge in [0.2, 0.25) is 0 Å². The van der Waals surface area contributed by atoms with Crippen molar-refractivity contribution >= 4 is 38.6 Å². The Balaban J connectivity index is 1.84. The monoisotopic (exact) mass is 367 g/mol. The summed E-state index contributed by atoms with van der Waals surface area (Å²) >= 11 is 7.09. The lowest BCUT2D eigenvalue weighted by molar-refractivity contribution is 0.568. The average Bonchev–Trinajstić information content (AvgIpc) is 3.15. The zero-order chi connectivity index (χ0) is 13.9. The fourth-order valence-electron chi connectivity index (χ4n) is 2.08. The zero-order valence-electron chi connectivity index (χ0n) is 10.9. The minimum atomic E-state index is 0.129. The quantitative estimate of drug-likeness (QED) is 0.732. The fraction of sp³-hybridized carbons (Fsp3) is 0.214. The van der Waals surface area contributed by atoms with E-state index in [-0.39, 0.29) is 6.04 Å². The lowest BCUT2D eigenvalue weighted by Crippen LogP contribution is -2.23. The smallest absolute Gasteiger partial charge is 0.131 e. The number of nitrogens with zero attached hydrogens (tertiary/aromatic N) is 2. The Bertz CT molecular complexity index is 672. The molecule has 0 saturated carbocycles. The third kappa shape index (κ3) is 2.88. The molecule has 0 spiro atoms. The maximum Gasteiger partial charge on any atom is 0.131 e. The van der Waals surface area contributed by atoms with Crippen molar-refractivity contribution in [2.24, 2.45) is 7.05 Å². The molecule has 3 heterocycles. The molecule has 3 nitrogen and oxygen atoms in total. The molecule has 20 heavy (non-hydrogen) atoms. The summed E-state index contributed by atoms with van der Waals surface area (Å²) in [7, 11) is 2.03. The molecule has 0 aromatic carbocycles. The first-order valence-electron chi connectivity index (χ1n) is 6.21. The highest BCUT2D eigenvalue weighted by molar-refractivity contribution is 9.10. The van der Waals surface area contributed by atoms with E-state index >= 15 is 0 Å². The van der Waals surface area contributed by atoms with E-state index in [1.54, 1.807) is 22.7 Å². The number of rotatable bonds is 5. The molecule has 0 aliphatic rings. The van der Waals surface area contributed by atoms with Crippen molar-refractivity contribution in [1.29, 1.82) is 0 Å². The third-order valence-electron chi connectivity index (χ3n) is 3.10. The van der Waals surface area contributed by atoms with Gasteiger partial charge in [-0.15, -0.1) is 22.7 Å². The van der Waals surface area contributed by atoms with Crippen LogP contribution in [0.3, 0.4) is 0 Å². The van der Waals surface area contributed by atoms with E-state index in [9.17, 15) is 0 Å². The van der Waals surface area contributed by atoms with Crippen LogP contribution in [0.4, 0.5) is 0 Å². The second-order valence-electron chi connectivity index (χ2n) is 4.42. The van der Waals surface area contributed by atoms with Crippen molar-refractivity contribution in [1.82, 2.24) is 14.9 Å². The number of halogens is 1. The van der Waals surface area contributed by atoms with E-state index < -0.39 is 0 Å². The van der Waals surface area contributed by atoms with E-state index in [0.29, 0.717) is 0 Å². The Morgan fingerprint density at radius 1 is 1.35 bits per heavy atom. The van der Waals surface area contributed by atoms with E-state index in [1.807, 2.05) is 19.4 Å². The van der Waals surface area contributed by atoms with Crippen LogP contribution >= 0.6 is 38.6 Å². The molecule has 1 atom stereocenters. The van der Waals surface area contributed by atoms with Gasteiger partial charge in [0.15, 0.2) is 0 Å². The highest BCUT2D eigenvalue weighted by Gasteiger charge is 2.19. The summed E-state index contributed by atoms with van der Waals surface area (Å²) in [6.45, 7) is 0.827. The molecule has 0 saturated heterocycles. The molecule has 0 amide bonds. The van der Waals surface area contributed by atoms with Crippen LogP contribution in [-0.4, -0.2) is 9.55 Å². The second-order valence-corrected chi connectivity index (χ2v) is 7.25. The van der Waals surface area contributed by atoms with Gasteiger partial charge in [0, 0.05) is 40.2 Å². The molecule has 3 aromatic rings. The van der Waals surface area contributed by atoms with E-state index in [1.165, 1.54) is 14.2 Å². The van der Waals surface area contributed by atoms with Crippen LogP contribution in [-0.2, 0) is 13.6 Å². The molecule has 6 heteroatoms. The highest BCUT2D eigenvalue weighted by atomic mass is 79.9. The molecule has 3 aromatic heterocycles. The first-order chi connectivity index (χ1) is 9.75. The third-order valence-corrected chi connectivity index (χ3v) is 5.97. The van der Waals surface area contributed by atoms with Gasteiger partial charge in [-0.1, -0.05) is 6.07 Å². The number of aromatic nitrogens is 2. The largest absolute Gasteiger partial charge is 0.336 e. The molecule has 1 N–H and O–H groups in total. The molecule has 0 bridgehead atoms. The van der Waals surface area contributed by atoms with Gasteiger partial charge in [0.25, 0.3) is 0 Å². The van der Waals surface area contributed by atoms with Gasteiger partial charge in [-0.25, -0.2) is 4.98 Å². The van der Waals surface area contributed by atoms with Gasteiger partial charge in [0.05, 0.1) is 0 Å². The second kappa shape index (κ2) is 6.22. The molecule has 0 aliphatic heterocycles. The average molecular weight is 368 g/mol. The molecule has 0 fully saturated rings. The van der Waals surface area contributed by atoms with Crippen LogP contribution in [0, 0.1) is 0 Å². The van der Waals surface area contributed by atoms with Crippen LogP contribution in [0.15, 0.2) is 45.8 Å². The predicted molar refractivity (Wildman–Crippen MR) is 88.2 cm³/mol. The summed E-state index contributed by atoms with van der Waals surface area (Å²) in [5.41, 5.74) is 0. The SMILES string of the molecule is Cn1ccnc1C(NCc1sccc1Br)c1cccs1.